The summed E-state index contributed by atoms with van der Waals surface area (Å²) >= 11 is 0. The zero-order valence-electron chi connectivity index (χ0n) is 12.9. The largest absolute Gasteiger partial charge is 0.388 e. The van der Waals surface area contributed by atoms with E-state index in [-0.39, 0.29) is 5.41 Å². The third-order valence-corrected chi connectivity index (χ3v) is 5.09. The van der Waals surface area contributed by atoms with E-state index < -0.39 is 5.60 Å². The molecule has 0 aromatic carbocycles. The van der Waals surface area contributed by atoms with Crippen molar-refractivity contribution in [2.24, 2.45) is 11.3 Å². The molecule has 1 saturated heterocycles. The van der Waals surface area contributed by atoms with Gasteiger partial charge in [-0.1, -0.05) is 6.92 Å². The molecule has 0 atom stereocenters. The van der Waals surface area contributed by atoms with Crippen LogP contribution in [0.25, 0.3) is 0 Å². The van der Waals surface area contributed by atoms with Gasteiger partial charge in [0.1, 0.15) is 6.29 Å². The summed E-state index contributed by atoms with van der Waals surface area (Å²) in [6, 6.07) is 0. The second kappa shape index (κ2) is 6.54. The van der Waals surface area contributed by atoms with Crippen LogP contribution < -0.4 is 0 Å². The summed E-state index contributed by atoms with van der Waals surface area (Å²) in [5, 5.41) is 10.6. The first kappa shape index (κ1) is 15.9. The summed E-state index contributed by atoms with van der Waals surface area (Å²) in [5.41, 5.74) is -0.832. The second-order valence-electron chi connectivity index (χ2n) is 7.17. The lowest BCUT2D eigenvalue weighted by molar-refractivity contribution is -0.121. The Kier molecular flexibility index (Phi) is 5.21. The zero-order valence-corrected chi connectivity index (χ0v) is 12.9. The van der Waals surface area contributed by atoms with Crippen molar-refractivity contribution in [2.45, 2.75) is 51.0 Å². The van der Waals surface area contributed by atoms with E-state index in [2.05, 4.69) is 11.8 Å². The fraction of sp³-hybridized carbons (Fsp3) is 0.938. The summed E-state index contributed by atoms with van der Waals surface area (Å²) in [4.78, 5) is 13.7. The standard InChI is InChI=1S/C16H29NO3/c1-14-3-5-15(13-18,6-4-14)11-17(2)12-16(19)7-9-20-10-8-16/h13-14,19H,3-12H2,1-2H3. The molecular formula is C16H29NO3. The smallest absolute Gasteiger partial charge is 0.127 e. The van der Waals surface area contributed by atoms with Crippen molar-refractivity contribution in [3.8, 4) is 0 Å². The minimum Gasteiger partial charge on any atom is -0.388 e. The van der Waals surface area contributed by atoms with E-state index in [0.29, 0.717) is 32.6 Å². The predicted octanol–water partition coefficient (Wildman–Crippen LogP) is 1.86. The molecule has 0 spiro atoms. The molecule has 0 amide bonds. The fourth-order valence-corrected chi connectivity index (χ4v) is 3.66. The molecule has 0 radical (unpaired) electrons. The van der Waals surface area contributed by atoms with Crippen LogP contribution in [-0.2, 0) is 9.53 Å². The topological polar surface area (TPSA) is 49.8 Å². The van der Waals surface area contributed by atoms with E-state index in [1.807, 2.05) is 7.05 Å². The maximum atomic E-state index is 11.6. The Hall–Kier alpha value is -0.450. The molecule has 1 N–H and O–H groups in total. The average Bonchev–Trinajstić information content (AvgIpc) is 2.42. The van der Waals surface area contributed by atoms with Crippen LogP contribution in [0.3, 0.4) is 0 Å². The van der Waals surface area contributed by atoms with Crippen molar-refractivity contribution in [3.05, 3.63) is 0 Å². The molecule has 4 heteroatoms. The number of aldehydes is 1. The summed E-state index contributed by atoms with van der Waals surface area (Å²) in [6.45, 7) is 4.96. The van der Waals surface area contributed by atoms with E-state index in [4.69, 9.17) is 4.74 Å². The monoisotopic (exact) mass is 283 g/mol. The normalized spacial score (nSPS) is 34.1. The first-order valence-electron chi connectivity index (χ1n) is 7.92. The highest BCUT2D eigenvalue weighted by atomic mass is 16.5. The van der Waals surface area contributed by atoms with Crippen molar-refractivity contribution >= 4 is 6.29 Å². The molecule has 0 aromatic heterocycles. The first-order valence-corrected chi connectivity index (χ1v) is 7.92. The fourth-order valence-electron chi connectivity index (χ4n) is 3.66. The summed E-state index contributed by atoms with van der Waals surface area (Å²) in [5.74, 6) is 0.744. The van der Waals surface area contributed by atoms with Crippen LogP contribution in [-0.4, -0.2) is 55.2 Å². The van der Waals surface area contributed by atoms with E-state index in [9.17, 15) is 9.90 Å². The molecule has 2 fully saturated rings. The Labute approximate surface area is 122 Å². The summed E-state index contributed by atoms with van der Waals surface area (Å²) in [6.07, 6.45) is 6.83. The number of nitrogens with zero attached hydrogens (tertiary/aromatic N) is 1. The molecule has 1 heterocycles. The summed E-state index contributed by atoms with van der Waals surface area (Å²) < 4.78 is 5.31. The van der Waals surface area contributed by atoms with Gasteiger partial charge in [0.2, 0.25) is 0 Å². The third kappa shape index (κ3) is 4.03. The van der Waals surface area contributed by atoms with E-state index in [1.165, 1.54) is 6.29 Å². The van der Waals surface area contributed by atoms with Gasteiger partial charge in [-0.05, 0) is 38.6 Å². The maximum absolute atomic E-state index is 11.6. The third-order valence-electron chi connectivity index (χ3n) is 5.09. The van der Waals surface area contributed by atoms with Crippen molar-refractivity contribution in [1.82, 2.24) is 4.90 Å². The Morgan fingerprint density at radius 3 is 2.35 bits per heavy atom. The number of carbonyl (C=O) groups is 1. The van der Waals surface area contributed by atoms with Gasteiger partial charge in [-0.25, -0.2) is 0 Å². The molecule has 0 bridgehead atoms. The molecule has 4 nitrogen and oxygen atoms in total. The lowest BCUT2D eigenvalue weighted by Gasteiger charge is -2.41. The molecule has 2 aliphatic rings. The number of rotatable bonds is 5. The van der Waals surface area contributed by atoms with Gasteiger partial charge < -0.3 is 19.5 Å². The van der Waals surface area contributed by atoms with Crippen molar-refractivity contribution < 1.29 is 14.6 Å². The van der Waals surface area contributed by atoms with Gasteiger partial charge in [-0.2, -0.15) is 0 Å². The number of aliphatic hydroxyl groups is 1. The van der Waals surface area contributed by atoms with Crippen LogP contribution in [0.15, 0.2) is 0 Å². The molecule has 1 aliphatic heterocycles. The van der Waals surface area contributed by atoms with E-state index >= 15 is 0 Å². The molecule has 20 heavy (non-hydrogen) atoms. The number of hydrogen-bond donors (Lipinski definition) is 1. The highest BCUT2D eigenvalue weighted by molar-refractivity contribution is 5.60. The van der Waals surface area contributed by atoms with Crippen LogP contribution >= 0.6 is 0 Å². The van der Waals surface area contributed by atoms with Crippen molar-refractivity contribution in [2.75, 3.05) is 33.4 Å². The van der Waals surface area contributed by atoms with Gasteiger partial charge in [0.25, 0.3) is 0 Å². The molecule has 1 aliphatic carbocycles. The Bertz CT molecular complexity index is 318. The lowest BCUT2D eigenvalue weighted by atomic mass is 9.71. The zero-order chi connectivity index (χ0) is 14.6. The second-order valence-corrected chi connectivity index (χ2v) is 7.17. The van der Waals surface area contributed by atoms with Crippen molar-refractivity contribution in [1.29, 1.82) is 0 Å². The SMILES string of the molecule is CC1CCC(C=O)(CN(C)CC2(O)CCOCC2)CC1. The summed E-state index contributed by atoms with van der Waals surface area (Å²) in [7, 11) is 2.02. The maximum Gasteiger partial charge on any atom is 0.127 e. The molecule has 0 aromatic rings. The van der Waals surface area contributed by atoms with Gasteiger partial charge in [0.15, 0.2) is 0 Å². The molecular weight excluding hydrogens is 254 g/mol. The minimum atomic E-state index is -0.640. The number of hydrogen-bond acceptors (Lipinski definition) is 4. The molecule has 2 rings (SSSR count). The van der Waals surface area contributed by atoms with Gasteiger partial charge in [0, 0.05) is 44.6 Å². The number of ether oxygens (including phenoxy) is 1. The van der Waals surface area contributed by atoms with Gasteiger partial charge >= 0.3 is 0 Å². The number of likely N-dealkylation sites (N-methyl/N-ethyl adjacent to an activating group) is 1. The van der Waals surface area contributed by atoms with E-state index in [0.717, 1.165) is 38.1 Å². The van der Waals surface area contributed by atoms with Gasteiger partial charge in [0.05, 0.1) is 5.60 Å². The Morgan fingerprint density at radius 2 is 1.80 bits per heavy atom. The Morgan fingerprint density at radius 1 is 1.20 bits per heavy atom. The van der Waals surface area contributed by atoms with Crippen LogP contribution in [0, 0.1) is 11.3 Å². The van der Waals surface area contributed by atoms with E-state index in [1.54, 1.807) is 0 Å². The van der Waals surface area contributed by atoms with Crippen molar-refractivity contribution in [3.63, 3.8) is 0 Å². The van der Waals surface area contributed by atoms with Gasteiger partial charge in [-0.15, -0.1) is 0 Å². The van der Waals surface area contributed by atoms with Crippen LogP contribution in [0.2, 0.25) is 0 Å². The Balaban J connectivity index is 1.88. The predicted molar refractivity (Wildman–Crippen MR) is 78.6 cm³/mol. The molecule has 0 unspecified atom stereocenters. The van der Waals surface area contributed by atoms with Gasteiger partial charge in [-0.3, -0.25) is 0 Å². The molecule has 116 valence electrons. The number of carbonyl (C=O) groups excluding carboxylic acids is 1. The van der Waals surface area contributed by atoms with Crippen LogP contribution in [0.4, 0.5) is 0 Å². The highest BCUT2D eigenvalue weighted by Crippen LogP contribution is 2.38. The highest BCUT2D eigenvalue weighted by Gasteiger charge is 2.37. The molecule has 1 saturated carbocycles. The minimum absolute atomic E-state index is 0.192. The van der Waals surface area contributed by atoms with Crippen LogP contribution in [0.1, 0.15) is 45.4 Å². The van der Waals surface area contributed by atoms with Crippen LogP contribution in [0.5, 0.6) is 0 Å². The lowest BCUT2D eigenvalue weighted by Crippen LogP contribution is -2.49. The first-order chi connectivity index (χ1) is 9.47. The quantitative estimate of drug-likeness (QED) is 0.782. The average molecular weight is 283 g/mol.